The number of hydrogen-bond acceptors (Lipinski definition) is 2. The monoisotopic (exact) mass is 329 g/mol. The molecular formula is C13H10BrClFNO. The molecule has 94 valence electrons. The molecule has 0 aliphatic carbocycles. The number of halogens is 3. The van der Waals surface area contributed by atoms with Gasteiger partial charge < -0.3 is 4.74 Å². The molecule has 0 bridgehead atoms. The summed E-state index contributed by atoms with van der Waals surface area (Å²) in [6.07, 6.45) is 0. The van der Waals surface area contributed by atoms with Gasteiger partial charge in [0.15, 0.2) is 0 Å². The zero-order valence-electron chi connectivity index (χ0n) is 9.58. The van der Waals surface area contributed by atoms with Crippen molar-refractivity contribution < 1.29 is 9.13 Å². The van der Waals surface area contributed by atoms with Gasteiger partial charge in [-0.05, 0) is 46.6 Å². The van der Waals surface area contributed by atoms with Gasteiger partial charge in [0, 0.05) is 23.7 Å². The highest BCUT2D eigenvalue weighted by atomic mass is 79.9. The molecule has 2 rings (SSSR count). The molecule has 0 N–H and O–H groups in total. The van der Waals surface area contributed by atoms with Crippen molar-refractivity contribution in [1.29, 1.82) is 0 Å². The van der Waals surface area contributed by atoms with E-state index in [-0.39, 0.29) is 5.82 Å². The Bertz CT molecular complexity index is 577. The molecule has 0 fully saturated rings. The van der Waals surface area contributed by atoms with Gasteiger partial charge in [-0.2, -0.15) is 0 Å². The summed E-state index contributed by atoms with van der Waals surface area (Å²) in [7, 11) is 0. The summed E-state index contributed by atoms with van der Waals surface area (Å²) in [5.41, 5.74) is 1.71. The molecule has 0 radical (unpaired) electrons. The van der Waals surface area contributed by atoms with Crippen LogP contribution in [0.2, 0.25) is 0 Å². The predicted octanol–water partition coefficient (Wildman–Crippen LogP) is 4.82. The van der Waals surface area contributed by atoms with Crippen LogP contribution in [0.15, 0.2) is 34.8 Å². The van der Waals surface area contributed by atoms with Crippen molar-refractivity contribution in [1.82, 2.24) is 4.98 Å². The Morgan fingerprint density at radius 1 is 1.33 bits per heavy atom. The van der Waals surface area contributed by atoms with E-state index in [1.807, 2.05) is 13.0 Å². The van der Waals surface area contributed by atoms with Crippen LogP contribution in [0.5, 0.6) is 11.6 Å². The van der Waals surface area contributed by atoms with Gasteiger partial charge in [0.1, 0.15) is 11.6 Å². The summed E-state index contributed by atoms with van der Waals surface area (Å²) < 4.78 is 19.4. The van der Waals surface area contributed by atoms with Crippen molar-refractivity contribution in [3.8, 4) is 11.6 Å². The first-order valence-electron chi connectivity index (χ1n) is 5.25. The quantitative estimate of drug-likeness (QED) is 0.753. The topological polar surface area (TPSA) is 22.1 Å². The Balaban J connectivity index is 2.33. The molecule has 18 heavy (non-hydrogen) atoms. The van der Waals surface area contributed by atoms with Crippen LogP contribution in [0.1, 0.15) is 11.3 Å². The number of aryl methyl sites for hydroxylation is 1. The maximum absolute atomic E-state index is 13.1. The van der Waals surface area contributed by atoms with E-state index in [2.05, 4.69) is 20.9 Å². The number of aromatic nitrogens is 1. The van der Waals surface area contributed by atoms with Crippen molar-refractivity contribution in [2.75, 3.05) is 0 Å². The largest absolute Gasteiger partial charge is 0.438 e. The summed E-state index contributed by atoms with van der Waals surface area (Å²) in [5, 5.41) is 0. The number of benzene rings is 1. The minimum atomic E-state index is -0.363. The average molecular weight is 331 g/mol. The molecule has 1 heterocycles. The van der Waals surface area contributed by atoms with Crippen LogP contribution in [0.3, 0.4) is 0 Å². The molecule has 0 aliphatic rings. The molecule has 0 saturated carbocycles. The van der Waals surface area contributed by atoms with E-state index in [9.17, 15) is 4.39 Å². The molecule has 0 amide bonds. The molecule has 0 atom stereocenters. The minimum Gasteiger partial charge on any atom is -0.438 e. The van der Waals surface area contributed by atoms with Gasteiger partial charge in [0.25, 0.3) is 0 Å². The van der Waals surface area contributed by atoms with Gasteiger partial charge >= 0.3 is 0 Å². The second-order valence-electron chi connectivity index (χ2n) is 3.77. The van der Waals surface area contributed by atoms with Gasteiger partial charge in [0.05, 0.1) is 4.47 Å². The Labute approximate surface area is 118 Å². The van der Waals surface area contributed by atoms with Crippen molar-refractivity contribution in [3.05, 3.63) is 51.9 Å². The summed E-state index contributed by atoms with van der Waals surface area (Å²) in [5.74, 6) is 0.799. The first-order chi connectivity index (χ1) is 8.58. The molecule has 0 aliphatic heterocycles. The fraction of sp³-hybridized carbons (Fsp3) is 0.154. The maximum Gasteiger partial charge on any atom is 0.219 e. The van der Waals surface area contributed by atoms with Gasteiger partial charge in [-0.25, -0.2) is 9.37 Å². The third kappa shape index (κ3) is 3.21. The minimum absolute atomic E-state index is 0.363. The predicted molar refractivity (Wildman–Crippen MR) is 72.7 cm³/mol. The fourth-order valence-electron chi connectivity index (χ4n) is 1.50. The first kappa shape index (κ1) is 13.3. The molecule has 0 spiro atoms. The second kappa shape index (κ2) is 5.67. The van der Waals surface area contributed by atoms with Gasteiger partial charge in [-0.3, -0.25) is 0 Å². The SMILES string of the molecule is Cc1cc(CCl)cc(Oc2cc(F)ccc2Br)n1. The van der Waals surface area contributed by atoms with E-state index in [0.29, 0.717) is 22.0 Å². The Morgan fingerprint density at radius 3 is 2.83 bits per heavy atom. The number of alkyl halides is 1. The van der Waals surface area contributed by atoms with Crippen molar-refractivity contribution >= 4 is 27.5 Å². The smallest absolute Gasteiger partial charge is 0.219 e. The summed E-state index contributed by atoms with van der Waals surface area (Å²) in [4.78, 5) is 4.22. The molecule has 2 aromatic rings. The Kier molecular flexibility index (Phi) is 4.19. The molecule has 0 saturated heterocycles. The maximum atomic E-state index is 13.1. The number of nitrogens with zero attached hydrogens (tertiary/aromatic N) is 1. The van der Waals surface area contributed by atoms with Crippen LogP contribution in [0.25, 0.3) is 0 Å². The lowest BCUT2D eigenvalue weighted by Crippen LogP contribution is -1.93. The van der Waals surface area contributed by atoms with E-state index in [0.717, 1.165) is 11.3 Å². The van der Waals surface area contributed by atoms with E-state index in [1.165, 1.54) is 12.1 Å². The van der Waals surface area contributed by atoms with Crippen LogP contribution in [-0.2, 0) is 5.88 Å². The summed E-state index contributed by atoms with van der Waals surface area (Å²) in [6.45, 7) is 1.85. The summed E-state index contributed by atoms with van der Waals surface area (Å²) >= 11 is 9.07. The van der Waals surface area contributed by atoms with Crippen LogP contribution in [0.4, 0.5) is 4.39 Å². The van der Waals surface area contributed by atoms with E-state index in [4.69, 9.17) is 16.3 Å². The average Bonchev–Trinajstić information content (AvgIpc) is 2.33. The van der Waals surface area contributed by atoms with Crippen molar-refractivity contribution in [3.63, 3.8) is 0 Å². The Hall–Kier alpha value is -1.13. The lowest BCUT2D eigenvalue weighted by molar-refractivity contribution is 0.453. The number of rotatable bonds is 3. The molecule has 0 unspecified atom stereocenters. The molecule has 2 nitrogen and oxygen atoms in total. The van der Waals surface area contributed by atoms with Crippen LogP contribution in [0, 0.1) is 12.7 Å². The highest BCUT2D eigenvalue weighted by Crippen LogP contribution is 2.30. The van der Waals surface area contributed by atoms with Gasteiger partial charge in [-0.15, -0.1) is 11.6 Å². The lowest BCUT2D eigenvalue weighted by Gasteiger charge is -2.08. The zero-order chi connectivity index (χ0) is 13.1. The first-order valence-corrected chi connectivity index (χ1v) is 6.57. The number of hydrogen-bond donors (Lipinski definition) is 0. The Morgan fingerprint density at radius 2 is 2.11 bits per heavy atom. The number of ether oxygens (including phenoxy) is 1. The zero-order valence-corrected chi connectivity index (χ0v) is 11.9. The number of pyridine rings is 1. The summed E-state index contributed by atoms with van der Waals surface area (Å²) in [6, 6.07) is 7.85. The van der Waals surface area contributed by atoms with E-state index >= 15 is 0 Å². The third-order valence-corrected chi connectivity index (χ3v) is 3.22. The van der Waals surface area contributed by atoms with E-state index in [1.54, 1.807) is 12.1 Å². The van der Waals surface area contributed by atoms with E-state index < -0.39 is 0 Å². The highest BCUT2D eigenvalue weighted by Gasteiger charge is 2.07. The lowest BCUT2D eigenvalue weighted by atomic mass is 10.2. The second-order valence-corrected chi connectivity index (χ2v) is 4.89. The highest BCUT2D eigenvalue weighted by molar-refractivity contribution is 9.10. The van der Waals surface area contributed by atoms with Crippen LogP contribution >= 0.6 is 27.5 Å². The molecule has 5 heteroatoms. The van der Waals surface area contributed by atoms with Crippen LogP contribution in [-0.4, -0.2) is 4.98 Å². The molecular weight excluding hydrogens is 321 g/mol. The van der Waals surface area contributed by atoms with Crippen molar-refractivity contribution in [2.45, 2.75) is 12.8 Å². The normalized spacial score (nSPS) is 10.4. The van der Waals surface area contributed by atoms with Gasteiger partial charge in [0.2, 0.25) is 5.88 Å². The van der Waals surface area contributed by atoms with Crippen molar-refractivity contribution in [2.24, 2.45) is 0 Å². The third-order valence-electron chi connectivity index (χ3n) is 2.25. The molecule has 1 aromatic heterocycles. The molecule has 1 aromatic carbocycles. The standard InChI is InChI=1S/C13H10BrClFNO/c1-8-4-9(7-15)5-13(17-8)18-12-6-10(16)2-3-11(12)14/h2-6H,7H2,1H3. The fourth-order valence-corrected chi connectivity index (χ4v) is 1.99. The van der Waals surface area contributed by atoms with Crippen LogP contribution < -0.4 is 4.74 Å². The van der Waals surface area contributed by atoms with Gasteiger partial charge in [-0.1, -0.05) is 0 Å².